The number of benzene rings is 1. The highest BCUT2D eigenvalue weighted by molar-refractivity contribution is 6.00. The standard InChI is InChI=1S/C16H21N3O2/c1-11(15-7-4-10-21-15)17-16(20)18-13-5-3-6-14-12(13)8-9-19(14)2/h3,5-6,8-9,11,15H,4,7,10H2,1-2H3,(H2,17,18,20). The molecule has 1 aliphatic heterocycles. The molecule has 1 fully saturated rings. The van der Waals surface area contributed by atoms with Gasteiger partial charge in [-0.15, -0.1) is 0 Å². The molecule has 2 amide bonds. The van der Waals surface area contributed by atoms with Crippen molar-refractivity contribution < 1.29 is 9.53 Å². The molecule has 1 aromatic carbocycles. The van der Waals surface area contributed by atoms with E-state index in [1.54, 1.807) is 0 Å². The summed E-state index contributed by atoms with van der Waals surface area (Å²) in [4.78, 5) is 12.1. The molecule has 0 saturated carbocycles. The molecule has 2 N–H and O–H groups in total. The lowest BCUT2D eigenvalue weighted by atomic mass is 10.1. The average Bonchev–Trinajstić information content (AvgIpc) is 3.10. The molecule has 21 heavy (non-hydrogen) atoms. The van der Waals surface area contributed by atoms with Crippen molar-refractivity contribution in [2.75, 3.05) is 11.9 Å². The Bertz CT molecular complexity index is 644. The van der Waals surface area contributed by atoms with Crippen LogP contribution in [0.3, 0.4) is 0 Å². The van der Waals surface area contributed by atoms with E-state index in [0.717, 1.165) is 36.0 Å². The lowest BCUT2D eigenvalue weighted by molar-refractivity contribution is 0.0868. The maximum atomic E-state index is 12.1. The van der Waals surface area contributed by atoms with E-state index in [-0.39, 0.29) is 18.2 Å². The van der Waals surface area contributed by atoms with Crippen LogP contribution in [0.1, 0.15) is 19.8 Å². The smallest absolute Gasteiger partial charge is 0.319 e. The van der Waals surface area contributed by atoms with Crippen molar-refractivity contribution >= 4 is 22.6 Å². The van der Waals surface area contributed by atoms with Gasteiger partial charge in [-0.05, 0) is 38.0 Å². The van der Waals surface area contributed by atoms with Gasteiger partial charge in [0.25, 0.3) is 0 Å². The Morgan fingerprint density at radius 2 is 2.29 bits per heavy atom. The minimum absolute atomic E-state index is 0.0162. The van der Waals surface area contributed by atoms with Gasteiger partial charge >= 0.3 is 6.03 Å². The predicted octanol–water partition coefficient (Wildman–Crippen LogP) is 2.87. The Morgan fingerprint density at radius 1 is 1.43 bits per heavy atom. The van der Waals surface area contributed by atoms with Crippen LogP contribution >= 0.6 is 0 Å². The number of fused-ring (bicyclic) bond motifs is 1. The van der Waals surface area contributed by atoms with E-state index in [4.69, 9.17) is 4.74 Å². The second-order valence-corrected chi connectivity index (χ2v) is 5.60. The summed E-state index contributed by atoms with van der Waals surface area (Å²) in [7, 11) is 1.99. The third-order valence-corrected chi connectivity index (χ3v) is 4.06. The summed E-state index contributed by atoms with van der Waals surface area (Å²) >= 11 is 0. The molecule has 1 saturated heterocycles. The molecule has 0 bridgehead atoms. The van der Waals surface area contributed by atoms with Crippen LogP contribution in [0.2, 0.25) is 0 Å². The Morgan fingerprint density at radius 3 is 3.05 bits per heavy atom. The van der Waals surface area contributed by atoms with Crippen molar-refractivity contribution in [2.45, 2.75) is 31.9 Å². The maximum absolute atomic E-state index is 12.1. The lowest BCUT2D eigenvalue weighted by Gasteiger charge is -2.20. The highest BCUT2D eigenvalue weighted by Gasteiger charge is 2.23. The monoisotopic (exact) mass is 287 g/mol. The zero-order chi connectivity index (χ0) is 14.8. The molecule has 2 atom stereocenters. The lowest BCUT2D eigenvalue weighted by Crippen LogP contribution is -2.43. The van der Waals surface area contributed by atoms with Gasteiger partial charge in [0.05, 0.1) is 17.8 Å². The number of anilines is 1. The third kappa shape index (κ3) is 2.88. The van der Waals surface area contributed by atoms with Crippen molar-refractivity contribution in [1.29, 1.82) is 0 Å². The molecule has 3 rings (SSSR count). The summed E-state index contributed by atoms with van der Waals surface area (Å²) in [6.07, 6.45) is 4.20. The van der Waals surface area contributed by atoms with Crippen LogP contribution in [-0.2, 0) is 11.8 Å². The minimum Gasteiger partial charge on any atom is -0.376 e. The van der Waals surface area contributed by atoms with Gasteiger partial charge in [0, 0.05) is 30.8 Å². The number of ether oxygens (including phenoxy) is 1. The zero-order valence-corrected chi connectivity index (χ0v) is 12.4. The van der Waals surface area contributed by atoms with Gasteiger partial charge in [-0.1, -0.05) is 6.07 Å². The van der Waals surface area contributed by atoms with Crippen LogP contribution in [0.25, 0.3) is 10.9 Å². The molecule has 5 heteroatoms. The molecule has 0 aliphatic carbocycles. The molecule has 2 heterocycles. The van der Waals surface area contributed by atoms with Gasteiger partial charge in [-0.25, -0.2) is 4.79 Å². The van der Waals surface area contributed by atoms with Crippen LogP contribution in [0.15, 0.2) is 30.5 Å². The minimum atomic E-state index is -0.186. The van der Waals surface area contributed by atoms with Gasteiger partial charge in [-0.3, -0.25) is 0 Å². The van der Waals surface area contributed by atoms with Crippen molar-refractivity contribution in [1.82, 2.24) is 9.88 Å². The molecule has 0 radical (unpaired) electrons. The molecule has 0 spiro atoms. The van der Waals surface area contributed by atoms with Gasteiger partial charge in [0.15, 0.2) is 0 Å². The van der Waals surface area contributed by atoms with Crippen molar-refractivity contribution in [3.63, 3.8) is 0 Å². The number of aryl methyl sites for hydroxylation is 1. The van der Waals surface area contributed by atoms with E-state index in [2.05, 4.69) is 10.6 Å². The number of hydrogen-bond acceptors (Lipinski definition) is 2. The summed E-state index contributed by atoms with van der Waals surface area (Å²) in [6, 6.07) is 7.74. The molecular formula is C16H21N3O2. The molecule has 112 valence electrons. The van der Waals surface area contributed by atoms with E-state index >= 15 is 0 Å². The number of nitrogens with zero attached hydrogens (tertiary/aromatic N) is 1. The quantitative estimate of drug-likeness (QED) is 0.912. The Balaban J connectivity index is 1.68. The number of carbonyl (C=O) groups is 1. The first-order valence-electron chi connectivity index (χ1n) is 7.38. The number of hydrogen-bond donors (Lipinski definition) is 2. The fourth-order valence-electron chi connectivity index (χ4n) is 2.87. The summed E-state index contributed by atoms with van der Waals surface area (Å²) in [5, 5.41) is 6.94. The fourth-order valence-corrected chi connectivity index (χ4v) is 2.87. The maximum Gasteiger partial charge on any atom is 0.319 e. The second-order valence-electron chi connectivity index (χ2n) is 5.60. The highest BCUT2D eigenvalue weighted by Crippen LogP contribution is 2.24. The van der Waals surface area contributed by atoms with Gasteiger partial charge < -0.3 is 19.9 Å². The summed E-state index contributed by atoms with van der Waals surface area (Å²) < 4.78 is 7.63. The topological polar surface area (TPSA) is 55.3 Å². The molecule has 2 aromatic rings. The van der Waals surface area contributed by atoms with Crippen LogP contribution in [0.4, 0.5) is 10.5 Å². The second kappa shape index (κ2) is 5.77. The number of carbonyl (C=O) groups excluding carboxylic acids is 1. The van der Waals surface area contributed by atoms with Crippen molar-refractivity contribution in [2.24, 2.45) is 7.05 Å². The van der Waals surface area contributed by atoms with Crippen molar-refractivity contribution in [3.8, 4) is 0 Å². The average molecular weight is 287 g/mol. The normalized spacial score (nSPS) is 19.6. The SMILES string of the molecule is CC(NC(=O)Nc1cccc2c1ccn2C)C1CCCO1. The summed E-state index contributed by atoms with van der Waals surface area (Å²) in [5.74, 6) is 0. The van der Waals surface area contributed by atoms with E-state index in [9.17, 15) is 4.79 Å². The van der Waals surface area contributed by atoms with Crippen LogP contribution in [0.5, 0.6) is 0 Å². The molecule has 1 aliphatic rings. The van der Waals surface area contributed by atoms with Crippen LogP contribution in [-0.4, -0.2) is 29.4 Å². The number of nitrogens with one attached hydrogen (secondary N) is 2. The van der Waals surface area contributed by atoms with E-state index in [0.29, 0.717) is 0 Å². The van der Waals surface area contributed by atoms with E-state index in [1.165, 1.54) is 0 Å². The van der Waals surface area contributed by atoms with Gasteiger partial charge in [0.1, 0.15) is 0 Å². The number of amides is 2. The number of urea groups is 1. The summed E-state index contributed by atoms with van der Waals surface area (Å²) in [6.45, 7) is 2.78. The first-order valence-corrected chi connectivity index (χ1v) is 7.38. The number of aromatic nitrogens is 1. The molecule has 2 unspecified atom stereocenters. The van der Waals surface area contributed by atoms with E-state index < -0.39 is 0 Å². The Labute approximate surface area is 124 Å². The number of rotatable bonds is 3. The highest BCUT2D eigenvalue weighted by atomic mass is 16.5. The van der Waals surface area contributed by atoms with Gasteiger partial charge in [0.2, 0.25) is 0 Å². The van der Waals surface area contributed by atoms with Crippen molar-refractivity contribution in [3.05, 3.63) is 30.5 Å². The predicted molar refractivity (Wildman–Crippen MR) is 83.5 cm³/mol. The Kier molecular flexibility index (Phi) is 3.84. The molecule has 5 nitrogen and oxygen atoms in total. The zero-order valence-electron chi connectivity index (χ0n) is 12.4. The summed E-state index contributed by atoms with van der Waals surface area (Å²) in [5.41, 5.74) is 1.92. The first kappa shape index (κ1) is 13.9. The Hall–Kier alpha value is -2.01. The van der Waals surface area contributed by atoms with E-state index in [1.807, 2.05) is 49.0 Å². The largest absolute Gasteiger partial charge is 0.376 e. The first-order chi connectivity index (χ1) is 10.1. The third-order valence-electron chi connectivity index (χ3n) is 4.06. The fraction of sp³-hybridized carbons (Fsp3) is 0.438. The molecular weight excluding hydrogens is 266 g/mol. The van der Waals surface area contributed by atoms with Gasteiger partial charge in [-0.2, -0.15) is 0 Å². The van der Waals surface area contributed by atoms with Crippen LogP contribution < -0.4 is 10.6 Å². The molecule has 1 aromatic heterocycles. The van der Waals surface area contributed by atoms with Crippen LogP contribution in [0, 0.1) is 0 Å².